The molecule has 148 valence electrons. The number of nitrogens with zero attached hydrogens (tertiary/aromatic N) is 2. The van der Waals surface area contributed by atoms with E-state index in [1.54, 1.807) is 17.0 Å². The van der Waals surface area contributed by atoms with Crippen LogP contribution in [0.1, 0.15) is 33.2 Å². The van der Waals surface area contributed by atoms with Gasteiger partial charge in [0.15, 0.2) is 0 Å². The van der Waals surface area contributed by atoms with Crippen molar-refractivity contribution in [3.8, 4) is 11.3 Å². The summed E-state index contributed by atoms with van der Waals surface area (Å²) in [6.07, 6.45) is 0. The van der Waals surface area contributed by atoms with Gasteiger partial charge in [-0.05, 0) is 42.8 Å². The molecular weight excluding hydrogens is 417 g/mol. The van der Waals surface area contributed by atoms with E-state index in [1.165, 1.54) is 0 Å². The number of aryl methyl sites for hydroxylation is 1. The van der Waals surface area contributed by atoms with E-state index < -0.39 is 6.04 Å². The topological polar surface area (TPSA) is 49.0 Å². The number of benzene rings is 3. The Balaban J connectivity index is 1.74. The Hall–Kier alpha value is -3.08. The van der Waals surface area contributed by atoms with E-state index in [0.29, 0.717) is 15.7 Å². The normalized spacial score (nSPS) is 15.5. The Morgan fingerprint density at radius 1 is 0.933 bits per heavy atom. The van der Waals surface area contributed by atoms with Crippen molar-refractivity contribution in [2.24, 2.45) is 0 Å². The monoisotopic (exact) mass is 433 g/mol. The fourth-order valence-electron chi connectivity index (χ4n) is 3.94. The molecule has 4 aromatic rings. The zero-order valence-corrected chi connectivity index (χ0v) is 17.6. The van der Waals surface area contributed by atoms with Crippen LogP contribution < -0.4 is 4.90 Å². The number of H-pyrrole nitrogens is 1. The number of hydrogen-bond acceptors (Lipinski definition) is 2. The van der Waals surface area contributed by atoms with Crippen LogP contribution >= 0.6 is 23.2 Å². The third kappa shape index (κ3) is 3.00. The molecule has 2 heterocycles. The maximum Gasteiger partial charge on any atom is 0.277 e. The molecule has 3 aromatic carbocycles. The van der Waals surface area contributed by atoms with Gasteiger partial charge in [0.25, 0.3) is 5.91 Å². The minimum absolute atomic E-state index is 0.150. The van der Waals surface area contributed by atoms with Crippen LogP contribution in [-0.4, -0.2) is 16.1 Å². The molecule has 0 unspecified atom stereocenters. The maximum atomic E-state index is 13.5. The van der Waals surface area contributed by atoms with E-state index >= 15 is 0 Å². The van der Waals surface area contributed by atoms with Gasteiger partial charge in [0, 0.05) is 26.9 Å². The summed E-state index contributed by atoms with van der Waals surface area (Å²) in [6.45, 7) is 2.04. The van der Waals surface area contributed by atoms with E-state index in [2.05, 4.69) is 10.2 Å². The molecular formula is C24H17Cl2N3O. The van der Waals surface area contributed by atoms with Crippen molar-refractivity contribution < 1.29 is 4.79 Å². The highest BCUT2D eigenvalue weighted by molar-refractivity contribution is 6.32. The van der Waals surface area contributed by atoms with E-state index in [1.807, 2.05) is 67.6 Å². The molecule has 0 saturated carbocycles. The number of hydrogen-bond donors (Lipinski definition) is 1. The molecule has 0 radical (unpaired) electrons. The fraction of sp³-hybridized carbons (Fsp3) is 0.0833. The molecule has 1 amide bonds. The van der Waals surface area contributed by atoms with Crippen molar-refractivity contribution in [1.82, 2.24) is 10.2 Å². The number of rotatable bonds is 3. The fourth-order valence-corrected chi connectivity index (χ4v) is 4.30. The minimum atomic E-state index is -0.405. The van der Waals surface area contributed by atoms with Gasteiger partial charge >= 0.3 is 0 Å². The molecule has 0 saturated heterocycles. The molecule has 1 N–H and O–H groups in total. The van der Waals surface area contributed by atoms with Crippen molar-refractivity contribution in [1.29, 1.82) is 0 Å². The van der Waals surface area contributed by atoms with Gasteiger partial charge in [0.05, 0.1) is 11.7 Å². The Morgan fingerprint density at radius 2 is 1.63 bits per heavy atom. The first-order chi connectivity index (χ1) is 14.5. The Morgan fingerprint density at radius 3 is 2.33 bits per heavy atom. The Bertz CT molecular complexity index is 1250. The zero-order valence-electron chi connectivity index (χ0n) is 16.1. The quantitative estimate of drug-likeness (QED) is 0.403. The maximum absolute atomic E-state index is 13.5. The SMILES string of the molecule is Cc1ccc(-c2n[nH]c3c2[C@@H](c2ccccc2Cl)N(c2ccc(Cl)cc2)C3=O)cc1. The second-order valence-corrected chi connectivity index (χ2v) is 8.15. The van der Waals surface area contributed by atoms with Crippen LogP contribution in [0.4, 0.5) is 5.69 Å². The van der Waals surface area contributed by atoms with Crippen LogP contribution in [0.15, 0.2) is 72.8 Å². The third-order valence-corrected chi connectivity index (χ3v) is 5.99. The third-order valence-electron chi connectivity index (χ3n) is 5.40. The lowest BCUT2D eigenvalue weighted by Crippen LogP contribution is -2.29. The van der Waals surface area contributed by atoms with Crippen LogP contribution in [-0.2, 0) is 0 Å². The first-order valence-electron chi connectivity index (χ1n) is 9.53. The average molecular weight is 434 g/mol. The summed E-state index contributed by atoms with van der Waals surface area (Å²) in [4.78, 5) is 15.2. The first-order valence-corrected chi connectivity index (χ1v) is 10.3. The van der Waals surface area contributed by atoms with Gasteiger partial charge in [-0.2, -0.15) is 5.10 Å². The van der Waals surface area contributed by atoms with Crippen molar-refractivity contribution in [3.05, 3.63) is 105 Å². The molecule has 0 bridgehead atoms. The van der Waals surface area contributed by atoms with E-state index in [0.717, 1.165) is 33.6 Å². The number of amides is 1. The molecule has 1 aliphatic rings. The van der Waals surface area contributed by atoms with Gasteiger partial charge in [0.1, 0.15) is 5.69 Å². The van der Waals surface area contributed by atoms with E-state index in [4.69, 9.17) is 23.2 Å². The van der Waals surface area contributed by atoms with Crippen LogP contribution in [0, 0.1) is 6.92 Å². The summed E-state index contributed by atoms with van der Waals surface area (Å²) in [5.74, 6) is -0.150. The number of carbonyl (C=O) groups excluding carboxylic acids is 1. The molecule has 1 aliphatic heterocycles. The highest BCUT2D eigenvalue weighted by Gasteiger charge is 2.43. The highest BCUT2D eigenvalue weighted by atomic mass is 35.5. The number of fused-ring (bicyclic) bond motifs is 1. The molecule has 6 heteroatoms. The van der Waals surface area contributed by atoms with Gasteiger partial charge < -0.3 is 0 Å². The van der Waals surface area contributed by atoms with Crippen molar-refractivity contribution in [2.45, 2.75) is 13.0 Å². The summed E-state index contributed by atoms with van der Waals surface area (Å²) in [7, 11) is 0. The molecule has 0 fully saturated rings. The van der Waals surface area contributed by atoms with Gasteiger partial charge in [-0.15, -0.1) is 0 Å². The van der Waals surface area contributed by atoms with Crippen LogP contribution in [0.2, 0.25) is 10.0 Å². The lowest BCUT2D eigenvalue weighted by atomic mass is 9.95. The number of aromatic nitrogens is 2. The smallest absolute Gasteiger partial charge is 0.277 e. The summed E-state index contributed by atoms with van der Waals surface area (Å²) in [6, 6.07) is 22.5. The second kappa shape index (κ2) is 7.31. The molecule has 1 aromatic heterocycles. The number of anilines is 1. The second-order valence-electron chi connectivity index (χ2n) is 7.30. The number of halogens is 2. The predicted octanol–water partition coefficient (Wildman–Crippen LogP) is 6.44. The van der Waals surface area contributed by atoms with Crippen LogP contribution in [0.5, 0.6) is 0 Å². The predicted molar refractivity (Wildman–Crippen MR) is 120 cm³/mol. The molecule has 0 aliphatic carbocycles. The number of aromatic amines is 1. The minimum Gasteiger partial charge on any atom is -0.295 e. The first kappa shape index (κ1) is 18.9. The van der Waals surface area contributed by atoms with Gasteiger partial charge in [0.2, 0.25) is 0 Å². The summed E-state index contributed by atoms with van der Waals surface area (Å²) < 4.78 is 0. The van der Waals surface area contributed by atoms with Crippen LogP contribution in [0.25, 0.3) is 11.3 Å². The summed E-state index contributed by atoms with van der Waals surface area (Å²) in [5, 5.41) is 8.68. The zero-order chi connectivity index (χ0) is 20.8. The Labute approximate surface area is 184 Å². The van der Waals surface area contributed by atoms with Gasteiger partial charge in [-0.3, -0.25) is 14.8 Å². The standard InChI is InChI=1S/C24H17Cl2N3O/c1-14-6-8-15(9-7-14)21-20-22(28-27-21)24(30)29(17-12-10-16(25)11-13-17)23(20)18-4-2-3-5-19(18)26/h2-13,23H,1H3,(H,27,28)/t23-/m1/s1. The van der Waals surface area contributed by atoms with Crippen molar-refractivity contribution >= 4 is 34.8 Å². The van der Waals surface area contributed by atoms with Crippen molar-refractivity contribution in [2.75, 3.05) is 4.90 Å². The molecule has 5 rings (SSSR count). The number of nitrogens with one attached hydrogen (secondary N) is 1. The average Bonchev–Trinajstić information content (AvgIpc) is 3.29. The molecule has 30 heavy (non-hydrogen) atoms. The summed E-state index contributed by atoms with van der Waals surface area (Å²) >= 11 is 12.7. The number of carbonyl (C=O) groups is 1. The van der Waals surface area contributed by atoms with Gasteiger partial charge in [-0.1, -0.05) is 71.2 Å². The largest absolute Gasteiger partial charge is 0.295 e. The lowest BCUT2D eigenvalue weighted by Gasteiger charge is -2.27. The molecule has 0 spiro atoms. The highest BCUT2D eigenvalue weighted by Crippen LogP contribution is 2.46. The van der Waals surface area contributed by atoms with Gasteiger partial charge in [-0.25, -0.2) is 0 Å². The molecule has 4 nitrogen and oxygen atoms in total. The van der Waals surface area contributed by atoms with E-state index in [9.17, 15) is 4.79 Å². The molecule has 1 atom stereocenters. The van der Waals surface area contributed by atoms with E-state index in [-0.39, 0.29) is 5.91 Å². The van der Waals surface area contributed by atoms with Crippen molar-refractivity contribution in [3.63, 3.8) is 0 Å². The Kier molecular flexibility index (Phi) is 4.61. The summed E-state index contributed by atoms with van der Waals surface area (Å²) in [5.41, 5.74) is 5.75. The van der Waals surface area contributed by atoms with Crippen LogP contribution in [0.3, 0.4) is 0 Å². The lowest BCUT2D eigenvalue weighted by molar-refractivity contribution is 0.0989.